The second kappa shape index (κ2) is 8.49. The highest BCUT2D eigenvalue weighted by molar-refractivity contribution is 6.30. The number of carbonyl (C=O) groups is 1. The SMILES string of the molecule is CC1=C(/C2=C(\O)NCCCCNC2=O)C(C)C=C(c2ccc(Cl)cc2)C=C1. The van der Waals surface area contributed by atoms with Crippen LogP contribution in [-0.2, 0) is 4.79 Å². The lowest BCUT2D eigenvalue weighted by atomic mass is 9.88. The summed E-state index contributed by atoms with van der Waals surface area (Å²) in [6, 6.07) is 7.70. The zero-order chi connectivity index (χ0) is 19.4. The van der Waals surface area contributed by atoms with E-state index in [1.807, 2.05) is 50.3 Å². The lowest BCUT2D eigenvalue weighted by Gasteiger charge is -2.19. The van der Waals surface area contributed by atoms with Crippen molar-refractivity contribution in [2.75, 3.05) is 13.1 Å². The van der Waals surface area contributed by atoms with E-state index < -0.39 is 0 Å². The van der Waals surface area contributed by atoms with Crippen molar-refractivity contribution in [3.05, 3.63) is 75.7 Å². The van der Waals surface area contributed by atoms with Gasteiger partial charge in [-0.3, -0.25) is 4.79 Å². The van der Waals surface area contributed by atoms with Crippen molar-refractivity contribution in [3.63, 3.8) is 0 Å². The molecule has 4 nitrogen and oxygen atoms in total. The molecule has 0 spiro atoms. The number of benzene rings is 1. The fraction of sp³-hybridized carbons (Fsp3) is 0.318. The number of allylic oxidation sites excluding steroid dienone is 5. The summed E-state index contributed by atoms with van der Waals surface area (Å²) in [6.07, 6.45) is 7.94. The molecular formula is C22H25ClN2O2. The fourth-order valence-electron chi connectivity index (χ4n) is 3.52. The zero-order valence-corrected chi connectivity index (χ0v) is 16.4. The Balaban J connectivity index is 2.02. The first kappa shape index (κ1) is 19.3. The first-order valence-corrected chi connectivity index (χ1v) is 9.67. The Kier molecular flexibility index (Phi) is 6.07. The predicted octanol–water partition coefficient (Wildman–Crippen LogP) is 4.52. The Morgan fingerprint density at radius 3 is 2.44 bits per heavy atom. The van der Waals surface area contributed by atoms with Crippen LogP contribution >= 0.6 is 11.6 Å². The van der Waals surface area contributed by atoms with E-state index in [0.717, 1.165) is 35.1 Å². The molecule has 3 N–H and O–H groups in total. The third kappa shape index (κ3) is 4.45. The quantitative estimate of drug-likeness (QED) is 0.702. The number of amides is 1. The van der Waals surface area contributed by atoms with Crippen molar-refractivity contribution >= 4 is 23.1 Å². The Bertz CT molecular complexity index is 848. The van der Waals surface area contributed by atoms with Crippen LogP contribution in [0.3, 0.4) is 0 Å². The highest BCUT2D eigenvalue weighted by atomic mass is 35.5. The van der Waals surface area contributed by atoms with Crippen LogP contribution in [0.5, 0.6) is 0 Å². The Labute approximate surface area is 165 Å². The van der Waals surface area contributed by atoms with Crippen molar-refractivity contribution in [1.82, 2.24) is 10.6 Å². The second-order valence-corrected chi connectivity index (χ2v) is 7.40. The smallest absolute Gasteiger partial charge is 0.256 e. The minimum Gasteiger partial charge on any atom is -0.494 e. The summed E-state index contributed by atoms with van der Waals surface area (Å²) in [7, 11) is 0. The molecule has 0 aromatic heterocycles. The van der Waals surface area contributed by atoms with E-state index >= 15 is 0 Å². The third-order valence-corrected chi connectivity index (χ3v) is 5.17. The normalized spacial score (nSPS) is 24.2. The highest BCUT2D eigenvalue weighted by Gasteiger charge is 2.26. The Morgan fingerprint density at radius 2 is 1.74 bits per heavy atom. The molecule has 1 unspecified atom stereocenters. The number of rotatable bonds is 2. The number of aliphatic hydroxyl groups excluding tert-OH is 1. The number of aliphatic hydroxyl groups is 1. The number of carbonyl (C=O) groups excluding carboxylic acids is 1. The number of nitrogens with one attached hydrogen (secondary N) is 2. The van der Waals surface area contributed by atoms with E-state index in [2.05, 4.69) is 16.7 Å². The Morgan fingerprint density at radius 1 is 1.07 bits per heavy atom. The monoisotopic (exact) mass is 384 g/mol. The number of hydrogen-bond acceptors (Lipinski definition) is 3. The first-order valence-electron chi connectivity index (χ1n) is 9.29. The van der Waals surface area contributed by atoms with Crippen LogP contribution in [0.2, 0.25) is 5.02 Å². The topological polar surface area (TPSA) is 61.4 Å². The summed E-state index contributed by atoms with van der Waals surface area (Å²) in [6.45, 7) is 5.27. The molecule has 5 heteroatoms. The van der Waals surface area contributed by atoms with Gasteiger partial charge >= 0.3 is 0 Å². The summed E-state index contributed by atoms with van der Waals surface area (Å²) in [5.41, 5.74) is 4.25. The predicted molar refractivity (Wildman–Crippen MR) is 110 cm³/mol. The molecule has 0 bridgehead atoms. The molecule has 0 saturated heterocycles. The summed E-state index contributed by atoms with van der Waals surface area (Å²) in [4.78, 5) is 12.8. The van der Waals surface area contributed by atoms with Gasteiger partial charge in [0.2, 0.25) is 0 Å². The van der Waals surface area contributed by atoms with Crippen LogP contribution in [0.1, 0.15) is 32.3 Å². The lowest BCUT2D eigenvalue weighted by Crippen LogP contribution is -2.30. The summed E-state index contributed by atoms with van der Waals surface area (Å²) >= 11 is 6.00. The van der Waals surface area contributed by atoms with Crippen LogP contribution in [0, 0.1) is 5.92 Å². The fourth-order valence-corrected chi connectivity index (χ4v) is 3.65. The largest absolute Gasteiger partial charge is 0.494 e. The second-order valence-electron chi connectivity index (χ2n) is 6.96. The van der Waals surface area contributed by atoms with Crippen LogP contribution in [0.25, 0.3) is 5.57 Å². The molecule has 0 radical (unpaired) electrons. The van der Waals surface area contributed by atoms with Gasteiger partial charge in [-0.1, -0.05) is 48.9 Å². The highest BCUT2D eigenvalue weighted by Crippen LogP contribution is 2.33. The Hall–Kier alpha value is -2.46. The van der Waals surface area contributed by atoms with Crippen molar-refractivity contribution < 1.29 is 9.90 Å². The third-order valence-electron chi connectivity index (χ3n) is 4.91. The van der Waals surface area contributed by atoms with Gasteiger partial charge in [0.25, 0.3) is 5.91 Å². The number of hydrogen-bond donors (Lipinski definition) is 3. The molecule has 1 heterocycles. The van der Waals surface area contributed by atoms with Gasteiger partial charge in [0, 0.05) is 24.0 Å². The van der Waals surface area contributed by atoms with Crippen molar-refractivity contribution in [2.24, 2.45) is 5.92 Å². The molecule has 27 heavy (non-hydrogen) atoms. The van der Waals surface area contributed by atoms with Gasteiger partial charge < -0.3 is 15.7 Å². The maximum absolute atomic E-state index is 12.8. The molecule has 0 saturated carbocycles. The van der Waals surface area contributed by atoms with Gasteiger partial charge in [-0.05, 0) is 54.2 Å². The molecule has 1 atom stereocenters. The maximum Gasteiger partial charge on any atom is 0.256 e. The lowest BCUT2D eigenvalue weighted by molar-refractivity contribution is -0.117. The molecule has 1 aromatic carbocycles. The van der Waals surface area contributed by atoms with Crippen LogP contribution in [-0.4, -0.2) is 24.1 Å². The summed E-state index contributed by atoms with van der Waals surface area (Å²) in [5.74, 6) is -0.330. The van der Waals surface area contributed by atoms with Gasteiger partial charge in [0.15, 0.2) is 5.88 Å². The molecule has 1 aliphatic carbocycles. The van der Waals surface area contributed by atoms with Gasteiger partial charge in [-0.2, -0.15) is 0 Å². The van der Waals surface area contributed by atoms with E-state index in [-0.39, 0.29) is 17.7 Å². The van der Waals surface area contributed by atoms with E-state index in [4.69, 9.17) is 11.6 Å². The molecule has 142 valence electrons. The van der Waals surface area contributed by atoms with E-state index in [1.165, 1.54) is 0 Å². The molecule has 1 aromatic rings. The molecule has 2 aliphatic rings. The zero-order valence-electron chi connectivity index (χ0n) is 15.7. The summed E-state index contributed by atoms with van der Waals surface area (Å²) < 4.78 is 0. The average Bonchev–Trinajstić information content (AvgIpc) is 2.73. The molecular weight excluding hydrogens is 360 g/mol. The number of halogens is 1. The van der Waals surface area contributed by atoms with Gasteiger partial charge in [0.05, 0.1) is 0 Å². The average molecular weight is 385 g/mol. The van der Waals surface area contributed by atoms with Gasteiger partial charge in [0.1, 0.15) is 5.57 Å². The first-order chi connectivity index (χ1) is 13.0. The van der Waals surface area contributed by atoms with E-state index in [0.29, 0.717) is 23.7 Å². The van der Waals surface area contributed by atoms with Crippen LogP contribution < -0.4 is 10.6 Å². The van der Waals surface area contributed by atoms with Gasteiger partial charge in [-0.25, -0.2) is 0 Å². The van der Waals surface area contributed by atoms with Crippen LogP contribution in [0.15, 0.2) is 65.1 Å². The van der Waals surface area contributed by atoms with Crippen LogP contribution in [0.4, 0.5) is 0 Å². The standard InChI is InChI=1S/C22H25ClN2O2/c1-14-5-6-17(16-7-9-18(23)10-8-16)13-15(2)19(14)20-21(26)24-11-3-4-12-25-22(20)27/h5-10,13,15,24,26H,3-4,11-12H2,1-2H3,(H,25,27)/b21-20+. The molecule has 1 aliphatic heterocycles. The van der Waals surface area contributed by atoms with E-state index in [1.54, 1.807) is 0 Å². The molecule has 1 amide bonds. The van der Waals surface area contributed by atoms with Crippen molar-refractivity contribution in [3.8, 4) is 0 Å². The minimum absolute atomic E-state index is 0.0452. The molecule has 3 rings (SSSR count). The van der Waals surface area contributed by atoms with E-state index in [9.17, 15) is 9.90 Å². The van der Waals surface area contributed by atoms with Crippen molar-refractivity contribution in [2.45, 2.75) is 26.7 Å². The molecule has 0 fully saturated rings. The van der Waals surface area contributed by atoms with Crippen molar-refractivity contribution in [1.29, 1.82) is 0 Å². The van der Waals surface area contributed by atoms with Gasteiger partial charge in [-0.15, -0.1) is 0 Å². The maximum atomic E-state index is 12.8. The summed E-state index contributed by atoms with van der Waals surface area (Å²) in [5, 5.41) is 17.2. The minimum atomic E-state index is -0.236.